The summed E-state index contributed by atoms with van der Waals surface area (Å²) in [5.41, 5.74) is 1.85. The highest BCUT2D eigenvalue weighted by Gasteiger charge is 2.17. The first-order valence-corrected chi connectivity index (χ1v) is 9.08. The molecule has 2 aromatic heterocycles. The van der Waals surface area contributed by atoms with Crippen molar-refractivity contribution < 1.29 is 14.4 Å². The Kier molecular flexibility index (Phi) is 4.93. The number of hydrogen-bond donors (Lipinski definition) is 0. The van der Waals surface area contributed by atoms with E-state index in [4.69, 9.17) is 9.26 Å². The Bertz CT molecular complexity index is 1270. The minimum atomic E-state index is -0.735. The van der Waals surface area contributed by atoms with Crippen LogP contribution in [0.4, 0.5) is 11.4 Å². The van der Waals surface area contributed by atoms with Crippen molar-refractivity contribution in [3.63, 3.8) is 0 Å². The van der Waals surface area contributed by atoms with Crippen LogP contribution in [-0.2, 0) is 7.05 Å². The van der Waals surface area contributed by atoms with Gasteiger partial charge < -0.3 is 14.4 Å². The number of para-hydroxylation sites is 1. The molecule has 0 atom stereocenters. The Hall–Kier alpha value is -4.14. The van der Waals surface area contributed by atoms with Crippen LogP contribution >= 0.6 is 0 Å². The first kappa shape index (κ1) is 19.2. The molecular weight excluding hydrogens is 386 g/mol. The molecular formula is C21H18N5O4-. The molecule has 0 saturated carbocycles. The highest BCUT2D eigenvalue weighted by molar-refractivity contribution is 5.74. The normalized spacial score (nSPS) is 11.3. The summed E-state index contributed by atoms with van der Waals surface area (Å²) in [5.74, 6) is -0.0734. The molecule has 4 aromatic rings. The summed E-state index contributed by atoms with van der Waals surface area (Å²) < 4.78 is 13.1. The Balaban J connectivity index is 1.75. The molecule has 4 rings (SSSR count). The van der Waals surface area contributed by atoms with Crippen molar-refractivity contribution in [3.05, 3.63) is 70.6 Å². The van der Waals surface area contributed by atoms with Crippen LogP contribution in [0.15, 0.2) is 74.1 Å². The van der Waals surface area contributed by atoms with Gasteiger partial charge >= 0.3 is 0 Å². The Labute approximate surface area is 171 Å². The van der Waals surface area contributed by atoms with E-state index in [1.54, 1.807) is 50.0 Å². The number of methoxy groups -OCH3 is 1. The zero-order valence-corrected chi connectivity index (χ0v) is 16.6. The molecule has 0 amide bonds. The van der Waals surface area contributed by atoms with Gasteiger partial charge in [0.15, 0.2) is 5.69 Å². The summed E-state index contributed by atoms with van der Waals surface area (Å²) in [5, 5.41) is 24.0. The summed E-state index contributed by atoms with van der Waals surface area (Å²) in [4.78, 5) is 12.9. The van der Waals surface area contributed by atoms with Crippen molar-refractivity contribution in [1.29, 1.82) is 0 Å². The Morgan fingerprint density at radius 1 is 1.03 bits per heavy atom. The average Bonchev–Trinajstić information content (AvgIpc) is 3.24. The van der Waals surface area contributed by atoms with E-state index in [2.05, 4.69) is 15.4 Å². The number of azo groups is 1. The fourth-order valence-electron chi connectivity index (χ4n) is 3.07. The molecule has 9 nitrogen and oxygen atoms in total. The molecule has 0 bridgehead atoms. The van der Waals surface area contributed by atoms with E-state index in [0.29, 0.717) is 22.7 Å². The third kappa shape index (κ3) is 3.26. The molecule has 0 saturated heterocycles. The largest absolute Gasteiger partial charge is 0.542 e. The predicted octanol–water partition coefficient (Wildman–Crippen LogP) is 3.64. The summed E-state index contributed by atoms with van der Waals surface area (Å²) in [6, 6.07) is 16.1. The minimum Gasteiger partial charge on any atom is -0.542 e. The SMILES string of the molecule is COc1ccc(-c2noc([O-])c2N=Nc2c(C)n(C)n(-c3ccccc3)c2=O)cc1. The van der Waals surface area contributed by atoms with Gasteiger partial charge in [-0.2, -0.15) is 5.16 Å². The van der Waals surface area contributed by atoms with Gasteiger partial charge in [0.25, 0.3) is 5.56 Å². The van der Waals surface area contributed by atoms with Crippen molar-refractivity contribution in [2.75, 3.05) is 7.11 Å². The van der Waals surface area contributed by atoms with E-state index < -0.39 is 5.95 Å². The Morgan fingerprint density at radius 2 is 1.70 bits per heavy atom. The molecule has 2 aromatic carbocycles. The number of aromatic nitrogens is 3. The fraction of sp³-hybridized carbons (Fsp3) is 0.143. The zero-order chi connectivity index (χ0) is 21.3. The maximum atomic E-state index is 12.9. The van der Waals surface area contributed by atoms with Gasteiger partial charge in [-0.3, -0.25) is 9.48 Å². The van der Waals surface area contributed by atoms with Gasteiger partial charge in [-0.25, -0.2) is 4.68 Å². The number of rotatable bonds is 5. The standard InChI is InChI=1S/C21H19N5O4/c1-13-17(20(27)26(25(13)2)15-7-5-4-6-8-15)22-23-19-18(24-30-21(19)28)14-9-11-16(29-3)12-10-14/h4-12,28H,1-3H3/p-1. The highest BCUT2D eigenvalue weighted by atomic mass is 16.5. The average molecular weight is 404 g/mol. The van der Waals surface area contributed by atoms with Crippen LogP contribution in [0, 0.1) is 6.92 Å². The molecule has 9 heteroatoms. The lowest BCUT2D eigenvalue weighted by atomic mass is 10.1. The van der Waals surface area contributed by atoms with Gasteiger partial charge in [-0.05, 0) is 43.3 Å². The molecule has 152 valence electrons. The van der Waals surface area contributed by atoms with Crippen LogP contribution in [0.3, 0.4) is 0 Å². The van der Waals surface area contributed by atoms with Crippen molar-refractivity contribution >= 4 is 11.4 Å². The lowest BCUT2D eigenvalue weighted by Gasteiger charge is -2.07. The molecule has 0 aliphatic heterocycles. The van der Waals surface area contributed by atoms with Gasteiger partial charge in [0.05, 0.1) is 18.5 Å². The predicted molar refractivity (Wildman–Crippen MR) is 108 cm³/mol. The summed E-state index contributed by atoms with van der Waals surface area (Å²) in [6.45, 7) is 1.76. The number of hydrogen-bond acceptors (Lipinski definition) is 7. The minimum absolute atomic E-state index is 0.0749. The van der Waals surface area contributed by atoms with Crippen molar-refractivity contribution in [1.82, 2.24) is 14.5 Å². The van der Waals surface area contributed by atoms with E-state index in [9.17, 15) is 9.90 Å². The van der Waals surface area contributed by atoms with Gasteiger partial charge in [-0.1, -0.05) is 18.2 Å². The van der Waals surface area contributed by atoms with Crippen LogP contribution in [-0.4, -0.2) is 21.6 Å². The van der Waals surface area contributed by atoms with E-state index in [0.717, 1.165) is 0 Å². The summed E-state index contributed by atoms with van der Waals surface area (Å²) >= 11 is 0. The highest BCUT2D eigenvalue weighted by Crippen LogP contribution is 2.37. The van der Waals surface area contributed by atoms with Crippen LogP contribution in [0.1, 0.15) is 5.69 Å². The Morgan fingerprint density at radius 3 is 2.37 bits per heavy atom. The van der Waals surface area contributed by atoms with E-state index in [1.165, 1.54) is 4.68 Å². The third-order valence-corrected chi connectivity index (χ3v) is 4.77. The molecule has 0 N–H and O–H groups in total. The first-order valence-electron chi connectivity index (χ1n) is 9.08. The van der Waals surface area contributed by atoms with E-state index in [-0.39, 0.29) is 22.6 Å². The fourth-order valence-corrected chi connectivity index (χ4v) is 3.07. The first-order chi connectivity index (χ1) is 14.5. The van der Waals surface area contributed by atoms with Gasteiger partial charge in [0.2, 0.25) is 0 Å². The van der Waals surface area contributed by atoms with Crippen molar-refractivity contribution in [2.45, 2.75) is 6.92 Å². The molecule has 30 heavy (non-hydrogen) atoms. The van der Waals surface area contributed by atoms with Crippen molar-refractivity contribution in [2.24, 2.45) is 17.3 Å². The van der Waals surface area contributed by atoms with E-state index in [1.807, 2.05) is 30.3 Å². The molecule has 0 fully saturated rings. The van der Waals surface area contributed by atoms with Crippen LogP contribution in [0.5, 0.6) is 11.7 Å². The smallest absolute Gasteiger partial charge is 0.299 e. The lowest BCUT2D eigenvalue weighted by molar-refractivity contribution is -0.296. The van der Waals surface area contributed by atoms with Gasteiger partial charge in [-0.15, -0.1) is 10.2 Å². The monoisotopic (exact) mass is 404 g/mol. The second kappa shape index (κ2) is 7.70. The second-order valence-electron chi connectivity index (χ2n) is 6.51. The van der Waals surface area contributed by atoms with Crippen LogP contribution in [0.2, 0.25) is 0 Å². The van der Waals surface area contributed by atoms with Crippen molar-refractivity contribution in [3.8, 4) is 28.6 Å². The summed E-state index contributed by atoms with van der Waals surface area (Å²) in [6.07, 6.45) is 0. The number of nitrogens with zero attached hydrogens (tertiary/aromatic N) is 5. The molecule has 0 unspecified atom stereocenters. The topological polar surface area (TPSA) is 110 Å². The quantitative estimate of drug-likeness (QED) is 0.472. The van der Waals surface area contributed by atoms with E-state index >= 15 is 0 Å². The molecule has 0 spiro atoms. The maximum Gasteiger partial charge on any atom is 0.299 e. The molecule has 0 aliphatic carbocycles. The summed E-state index contributed by atoms with van der Waals surface area (Å²) in [7, 11) is 3.31. The molecule has 2 heterocycles. The molecule has 0 aliphatic rings. The third-order valence-electron chi connectivity index (χ3n) is 4.77. The van der Waals surface area contributed by atoms with Crippen LogP contribution < -0.4 is 15.4 Å². The number of benzene rings is 2. The van der Waals surface area contributed by atoms with Gasteiger partial charge in [0, 0.05) is 12.6 Å². The van der Waals surface area contributed by atoms with Gasteiger partial charge in [0.1, 0.15) is 23.1 Å². The second-order valence-corrected chi connectivity index (χ2v) is 6.51. The number of ether oxygens (including phenoxy) is 1. The van der Waals surface area contributed by atoms with Crippen LogP contribution in [0.25, 0.3) is 16.9 Å². The lowest BCUT2D eigenvalue weighted by Crippen LogP contribution is -2.19. The molecule has 0 radical (unpaired) electrons. The maximum absolute atomic E-state index is 12.9. The zero-order valence-electron chi connectivity index (χ0n) is 16.6.